The highest BCUT2D eigenvalue weighted by molar-refractivity contribution is 6.02. The number of halogens is 2. The minimum atomic E-state index is -0.877. The normalized spacial score (nSPS) is 12.7. The van der Waals surface area contributed by atoms with Gasteiger partial charge in [0.25, 0.3) is 17.4 Å². The van der Waals surface area contributed by atoms with Gasteiger partial charge in [-0.3, -0.25) is 19.0 Å². The van der Waals surface area contributed by atoms with E-state index >= 15 is 4.39 Å². The minimum absolute atomic E-state index is 0.000873. The van der Waals surface area contributed by atoms with Crippen LogP contribution in [0.25, 0.3) is 5.69 Å². The van der Waals surface area contributed by atoms with Crippen molar-refractivity contribution >= 4 is 23.3 Å². The molecular formula is C29H23F2N7O4. The number of rotatable bonds is 5. The first-order valence-corrected chi connectivity index (χ1v) is 12.7. The van der Waals surface area contributed by atoms with Gasteiger partial charge in [-0.15, -0.1) is 0 Å². The van der Waals surface area contributed by atoms with Gasteiger partial charge in [-0.25, -0.2) is 18.7 Å². The van der Waals surface area contributed by atoms with Crippen molar-refractivity contribution in [1.29, 1.82) is 0 Å². The first kappa shape index (κ1) is 27.9. The van der Waals surface area contributed by atoms with E-state index in [4.69, 9.17) is 10.5 Å². The lowest BCUT2D eigenvalue weighted by atomic mass is 10.2. The molecule has 0 aliphatic carbocycles. The molecule has 0 radical (unpaired) electrons. The molecule has 0 saturated carbocycles. The molecule has 4 N–H and O–H groups in total. The maximum Gasteiger partial charge on any atom is 0.298 e. The predicted molar refractivity (Wildman–Crippen MR) is 149 cm³/mol. The van der Waals surface area contributed by atoms with Crippen LogP contribution >= 0.6 is 0 Å². The standard InChI is InChI=1S/C29H23F2N7O4/c30-18-1-4-20(5-2-18)38-16-13-34-26(29(38)41)28(40)36-19-3-7-24(22(31)17-19)42-23-9-10-35-27(32)21(23)6-8-25(39)37-14-11-33-12-15-37/h1-5,7,9-10,13,16-17,33H,11-12,14-15H2,(H2,32,35)(H,36,40). The summed E-state index contributed by atoms with van der Waals surface area (Å²) >= 11 is 0. The highest BCUT2D eigenvalue weighted by Crippen LogP contribution is 2.30. The lowest BCUT2D eigenvalue weighted by Gasteiger charge is -2.25. The van der Waals surface area contributed by atoms with E-state index in [-0.39, 0.29) is 34.5 Å². The van der Waals surface area contributed by atoms with Gasteiger partial charge in [0, 0.05) is 74.2 Å². The quantitative estimate of drug-likeness (QED) is 0.310. The van der Waals surface area contributed by atoms with E-state index in [0.29, 0.717) is 31.9 Å². The Morgan fingerprint density at radius 2 is 1.76 bits per heavy atom. The van der Waals surface area contributed by atoms with E-state index in [0.717, 1.165) is 10.6 Å². The maximum atomic E-state index is 15.0. The Labute approximate surface area is 238 Å². The number of nitrogens with two attached hydrogens (primary N) is 1. The zero-order valence-corrected chi connectivity index (χ0v) is 21.9. The third-order valence-corrected chi connectivity index (χ3v) is 6.21. The van der Waals surface area contributed by atoms with E-state index in [9.17, 15) is 18.8 Å². The van der Waals surface area contributed by atoms with Crippen molar-refractivity contribution in [2.45, 2.75) is 0 Å². The van der Waals surface area contributed by atoms with Crippen LogP contribution in [-0.4, -0.2) is 57.4 Å². The number of pyridine rings is 1. The number of amides is 2. The van der Waals surface area contributed by atoms with Gasteiger partial charge >= 0.3 is 0 Å². The second-order valence-electron chi connectivity index (χ2n) is 8.99. The Morgan fingerprint density at radius 3 is 2.50 bits per heavy atom. The fourth-order valence-corrected chi connectivity index (χ4v) is 4.08. The number of carbonyl (C=O) groups excluding carboxylic acids is 2. The Hall–Kier alpha value is -5.61. The van der Waals surface area contributed by atoms with E-state index in [1.54, 1.807) is 4.90 Å². The predicted octanol–water partition coefficient (Wildman–Crippen LogP) is 2.32. The number of ether oxygens (including phenoxy) is 1. The molecule has 5 rings (SSSR count). The lowest BCUT2D eigenvalue weighted by molar-refractivity contribution is -0.125. The molecule has 1 saturated heterocycles. The Bertz CT molecular complexity index is 1780. The van der Waals surface area contributed by atoms with Crippen molar-refractivity contribution in [3.8, 4) is 29.0 Å². The van der Waals surface area contributed by atoms with Crippen molar-refractivity contribution in [3.63, 3.8) is 0 Å². The van der Waals surface area contributed by atoms with Crippen molar-refractivity contribution in [2.75, 3.05) is 37.2 Å². The number of piperazine rings is 1. The second kappa shape index (κ2) is 12.3. The third kappa shape index (κ3) is 6.24. The number of hydrogen-bond acceptors (Lipinski definition) is 8. The number of benzene rings is 2. The molecule has 42 heavy (non-hydrogen) atoms. The third-order valence-electron chi connectivity index (χ3n) is 6.21. The number of aromatic nitrogens is 3. The van der Waals surface area contributed by atoms with Crippen LogP contribution in [0.1, 0.15) is 16.1 Å². The van der Waals surface area contributed by atoms with Crippen LogP contribution in [0.3, 0.4) is 0 Å². The molecule has 0 bridgehead atoms. The number of nitrogens with one attached hydrogen (secondary N) is 2. The number of hydrogen-bond donors (Lipinski definition) is 3. The zero-order chi connectivity index (χ0) is 29.6. The molecule has 1 fully saturated rings. The Morgan fingerprint density at radius 1 is 1.00 bits per heavy atom. The number of nitrogen functional groups attached to an aromatic ring is 1. The minimum Gasteiger partial charge on any atom is -0.453 e. The molecule has 13 heteroatoms. The average molecular weight is 572 g/mol. The summed E-state index contributed by atoms with van der Waals surface area (Å²) in [5.41, 5.74) is 5.24. The van der Waals surface area contributed by atoms with Crippen molar-refractivity contribution < 1.29 is 23.1 Å². The summed E-state index contributed by atoms with van der Waals surface area (Å²) in [6, 6.07) is 10.2. The van der Waals surface area contributed by atoms with Crippen molar-refractivity contribution in [1.82, 2.24) is 24.8 Å². The van der Waals surface area contributed by atoms with Crippen molar-refractivity contribution in [3.05, 3.63) is 100 Å². The highest BCUT2D eigenvalue weighted by atomic mass is 19.1. The van der Waals surface area contributed by atoms with Crippen LogP contribution in [0.4, 0.5) is 20.3 Å². The maximum absolute atomic E-state index is 15.0. The molecule has 2 amide bonds. The molecule has 1 aliphatic rings. The van der Waals surface area contributed by atoms with E-state index in [2.05, 4.69) is 32.4 Å². The number of nitrogens with zero attached hydrogens (tertiary/aromatic N) is 4. The SMILES string of the molecule is Nc1nccc(Oc2ccc(NC(=O)c3nccn(-c4ccc(F)cc4)c3=O)cc2F)c1C#CC(=O)N1CCNCC1. The molecule has 4 aromatic rings. The Balaban J connectivity index is 1.32. The van der Waals surface area contributed by atoms with Crippen LogP contribution in [0, 0.1) is 23.5 Å². The molecule has 212 valence electrons. The van der Waals surface area contributed by atoms with Gasteiger partial charge in [0.1, 0.15) is 22.9 Å². The topological polar surface area (TPSA) is 144 Å². The summed E-state index contributed by atoms with van der Waals surface area (Å²) in [4.78, 5) is 47.5. The molecule has 0 unspecified atom stereocenters. The molecule has 11 nitrogen and oxygen atoms in total. The lowest BCUT2D eigenvalue weighted by Crippen LogP contribution is -2.46. The van der Waals surface area contributed by atoms with Crippen LogP contribution in [0.2, 0.25) is 0 Å². The summed E-state index contributed by atoms with van der Waals surface area (Å²) in [6.45, 7) is 2.39. The van der Waals surface area contributed by atoms with Gasteiger partial charge in [-0.05, 0) is 42.3 Å². The molecule has 3 heterocycles. The summed E-state index contributed by atoms with van der Waals surface area (Å²) in [7, 11) is 0. The van der Waals surface area contributed by atoms with Crippen LogP contribution in [0.15, 0.2) is 71.9 Å². The fourth-order valence-electron chi connectivity index (χ4n) is 4.08. The Kier molecular flexibility index (Phi) is 8.17. The fraction of sp³-hybridized carbons (Fsp3) is 0.138. The number of carbonyl (C=O) groups is 2. The number of anilines is 2. The summed E-state index contributed by atoms with van der Waals surface area (Å²) < 4.78 is 35.1. The van der Waals surface area contributed by atoms with Gasteiger partial charge in [-0.1, -0.05) is 0 Å². The largest absolute Gasteiger partial charge is 0.453 e. The zero-order valence-electron chi connectivity index (χ0n) is 21.9. The molecule has 1 aliphatic heterocycles. The van der Waals surface area contributed by atoms with Gasteiger partial charge in [0.05, 0.1) is 0 Å². The van der Waals surface area contributed by atoms with Gasteiger partial charge in [-0.2, -0.15) is 0 Å². The summed E-state index contributed by atoms with van der Waals surface area (Å²) in [6.07, 6.45) is 3.94. The van der Waals surface area contributed by atoms with Crippen LogP contribution in [0.5, 0.6) is 11.5 Å². The first-order valence-electron chi connectivity index (χ1n) is 12.7. The second-order valence-corrected chi connectivity index (χ2v) is 8.99. The molecule has 0 atom stereocenters. The van der Waals surface area contributed by atoms with E-state index < -0.39 is 28.8 Å². The van der Waals surface area contributed by atoms with Gasteiger partial charge in [0.15, 0.2) is 17.3 Å². The monoisotopic (exact) mass is 571 g/mol. The first-order chi connectivity index (χ1) is 20.3. The highest BCUT2D eigenvalue weighted by Gasteiger charge is 2.18. The summed E-state index contributed by atoms with van der Waals surface area (Å²) in [5.74, 6) is 2.50. The van der Waals surface area contributed by atoms with Gasteiger partial charge < -0.3 is 26.0 Å². The molecule has 2 aromatic heterocycles. The summed E-state index contributed by atoms with van der Waals surface area (Å²) in [5, 5.41) is 5.58. The smallest absolute Gasteiger partial charge is 0.298 e. The molecule has 2 aromatic carbocycles. The van der Waals surface area contributed by atoms with E-state index in [1.165, 1.54) is 61.1 Å². The van der Waals surface area contributed by atoms with Gasteiger partial charge in [0.2, 0.25) is 0 Å². The van der Waals surface area contributed by atoms with Crippen LogP contribution < -0.4 is 26.7 Å². The van der Waals surface area contributed by atoms with Crippen molar-refractivity contribution in [2.24, 2.45) is 0 Å². The molecular weight excluding hydrogens is 548 g/mol. The van der Waals surface area contributed by atoms with E-state index in [1.807, 2.05) is 0 Å². The molecule has 0 spiro atoms. The average Bonchev–Trinajstić information content (AvgIpc) is 2.99. The van der Waals surface area contributed by atoms with Crippen LogP contribution in [-0.2, 0) is 4.79 Å².